The Balaban J connectivity index is 2.39. The lowest BCUT2D eigenvalue weighted by atomic mass is 10.2. The molecule has 0 saturated heterocycles. The molecule has 0 aliphatic heterocycles. The van der Waals surface area contributed by atoms with Crippen molar-refractivity contribution in [2.45, 2.75) is 6.92 Å². The van der Waals surface area contributed by atoms with Crippen LogP contribution < -0.4 is 10.9 Å². The second-order valence-corrected chi connectivity index (χ2v) is 3.69. The summed E-state index contributed by atoms with van der Waals surface area (Å²) < 4.78 is 17.8. The van der Waals surface area contributed by atoms with Crippen LogP contribution in [0.5, 0.6) is 0 Å². The fourth-order valence-electron chi connectivity index (χ4n) is 1.15. The van der Waals surface area contributed by atoms with Crippen LogP contribution in [0.25, 0.3) is 6.08 Å². The molecule has 6 nitrogen and oxygen atoms in total. The second kappa shape index (κ2) is 7.67. The van der Waals surface area contributed by atoms with Crippen molar-refractivity contribution in [3.63, 3.8) is 0 Å². The van der Waals surface area contributed by atoms with Crippen LogP contribution in [0, 0.1) is 5.82 Å². The summed E-state index contributed by atoms with van der Waals surface area (Å²) in [4.78, 5) is 32.9. The fourth-order valence-corrected chi connectivity index (χ4v) is 1.15. The number of rotatable bonds is 4. The number of hydrogen-bond donors (Lipinski definition) is 2. The van der Waals surface area contributed by atoms with Gasteiger partial charge < -0.3 is 4.74 Å². The zero-order valence-corrected chi connectivity index (χ0v) is 10.7. The van der Waals surface area contributed by atoms with E-state index < -0.39 is 30.2 Å². The predicted octanol–water partition coefficient (Wildman–Crippen LogP) is 0.549. The van der Waals surface area contributed by atoms with Crippen molar-refractivity contribution in [2.75, 3.05) is 6.61 Å². The molecule has 0 radical (unpaired) electrons. The van der Waals surface area contributed by atoms with Crippen molar-refractivity contribution in [1.29, 1.82) is 0 Å². The summed E-state index contributed by atoms with van der Waals surface area (Å²) in [6.07, 6.45) is 2.24. The van der Waals surface area contributed by atoms with Gasteiger partial charge in [0.05, 0.1) is 0 Å². The Morgan fingerprint density at radius 3 is 2.60 bits per heavy atom. The van der Waals surface area contributed by atoms with E-state index in [-0.39, 0.29) is 5.56 Å². The van der Waals surface area contributed by atoms with Crippen molar-refractivity contribution in [1.82, 2.24) is 10.9 Å². The predicted molar refractivity (Wildman–Crippen MR) is 68.4 cm³/mol. The minimum absolute atomic E-state index is 0.229. The van der Waals surface area contributed by atoms with E-state index in [1.807, 2.05) is 10.9 Å². The first kappa shape index (κ1) is 15.4. The Kier molecular flexibility index (Phi) is 5.89. The Morgan fingerprint density at radius 1 is 1.25 bits per heavy atom. The molecule has 106 valence electrons. The van der Waals surface area contributed by atoms with Gasteiger partial charge in [-0.3, -0.25) is 20.4 Å². The molecule has 1 aromatic carbocycles. The first-order valence-electron chi connectivity index (χ1n) is 5.64. The maximum absolute atomic E-state index is 13.2. The average Bonchev–Trinajstić information content (AvgIpc) is 2.42. The van der Waals surface area contributed by atoms with E-state index in [1.165, 1.54) is 31.2 Å². The second-order valence-electron chi connectivity index (χ2n) is 3.69. The van der Waals surface area contributed by atoms with Crippen LogP contribution >= 0.6 is 0 Å². The van der Waals surface area contributed by atoms with Gasteiger partial charge in [-0.25, -0.2) is 9.18 Å². The number of carbonyl (C=O) groups excluding carboxylic acids is 3. The molecule has 0 bridgehead atoms. The zero-order valence-electron chi connectivity index (χ0n) is 10.7. The summed E-state index contributed by atoms with van der Waals surface area (Å²) in [7, 11) is 0. The fraction of sp³-hybridized carbons (Fsp3) is 0.154. The van der Waals surface area contributed by atoms with E-state index in [2.05, 4.69) is 4.74 Å². The molecule has 0 aliphatic carbocycles. The van der Waals surface area contributed by atoms with Gasteiger partial charge in [-0.1, -0.05) is 18.2 Å². The number of nitrogens with one attached hydrogen (secondary N) is 2. The zero-order chi connectivity index (χ0) is 15.0. The summed E-state index contributed by atoms with van der Waals surface area (Å²) in [5.41, 5.74) is 4.29. The minimum atomic E-state index is -0.800. The lowest BCUT2D eigenvalue weighted by Gasteiger charge is -2.04. The molecule has 1 aromatic rings. The van der Waals surface area contributed by atoms with Crippen LogP contribution in [0.15, 0.2) is 30.3 Å². The number of amides is 2. The van der Waals surface area contributed by atoms with E-state index in [0.717, 1.165) is 6.08 Å². The monoisotopic (exact) mass is 280 g/mol. The minimum Gasteiger partial charge on any atom is -0.452 e. The molecule has 2 amide bonds. The smallest absolute Gasteiger partial charge is 0.331 e. The molecule has 0 fully saturated rings. The third-order valence-electron chi connectivity index (χ3n) is 2.03. The molecule has 0 heterocycles. The Morgan fingerprint density at radius 2 is 1.95 bits per heavy atom. The van der Waals surface area contributed by atoms with E-state index in [1.54, 1.807) is 6.07 Å². The van der Waals surface area contributed by atoms with E-state index in [0.29, 0.717) is 0 Å². The molecule has 0 atom stereocenters. The van der Waals surface area contributed by atoms with Crippen molar-refractivity contribution in [3.05, 3.63) is 41.7 Å². The normalized spacial score (nSPS) is 10.1. The van der Waals surface area contributed by atoms with Crippen LogP contribution in [0.4, 0.5) is 4.39 Å². The van der Waals surface area contributed by atoms with Crippen molar-refractivity contribution >= 4 is 23.9 Å². The van der Waals surface area contributed by atoms with Gasteiger partial charge in [0, 0.05) is 18.6 Å². The summed E-state index contributed by atoms with van der Waals surface area (Å²) in [5, 5.41) is 0. The van der Waals surface area contributed by atoms with Gasteiger partial charge >= 0.3 is 5.97 Å². The van der Waals surface area contributed by atoms with Crippen LogP contribution in [-0.2, 0) is 19.1 Å². The lowest BCUT2D eigenvalue weighted by Crippen LogP contribution is -2.42. The van der Waals surface area contributed by atoms with Crippen LogP contribution in [0.3, 0.4) is 0 Å². The number of ether oxygens (including phenoxy) is 1. The van der Waals surface area contributed by atoms with E-state index in [9.17, 15) is 18.8 Å². The van der Waals surface area contributed by atoms with Crippen LogP contribution in [-0.4, -0.2) is 24.4 Å². The van der Waals surface area contributed by atoms with Crippen LogP contribution in [0.1, 0.15) is 12.5 Å². The van der Waals surface area contributed by atoms with E-state index in [4.69, 9.17) is 0 Å². The lowest BCUT2D eigenvalue weighted by molar-refractivity contribution is -0.144. The Hall–Kier alpha value is -2.70. The van der Waals surface area contributed by atoms with Gasteiger partial charge in [0.15, 0.2) is 6.61 Å². The molecule has 0 unspecified atom stereocenters. The van der Waals surface area contributed by atoms with Crippen molar-refractivity contribution in [2.24, 2.45) is 0 Å². The summed E-state index contributed by atoms with van der Waals surface area (Å²) in [5.74, 6) is -2.41. The summed E-state index contributed by atoms with van der Waals surface area (Å²) in [6.45, 7) is 0.657. The Bertz CT molecular complexity index is 543. The number of benzene rings is 1. The molecular weight excluding hydrogens is 267 g/mol. The molecular formula is C13H13FN2O4. The molecule has 20 heavy (non-hydrogen) atoms. The maximum Gasteiger partial charge on any atom is 0.331 e. The number of hydrazine groups is 1. The summed E-state index contributed by atoms with van der Waals surface area (Å²) in [6, 6.07) is 5.89. The summed E-state index contributed by atoms with van der Waals surface area (Å²) >= 11 is 0. The quantitative estimate of drug-likeness (QED) is 0.479. The molecule has 7 heteroatoms. The SMILES string of the molecule is CC(=O)NNC(=O)COC(=O)/C=C/c1ccccc1F. The topological polar surface area (TPSA) is 84.5 Å². The van der Waals surface area contributed by atoms with Gasteiger partial charge in [0.2, 0.25) is 5.91 Å². The number of carbonyl (C=O) groups is 3. The highest BCUT2D eigenvalue weighted by Crippen LogP contribution is 2.07. The first-order valence-corrected chi connectivity index (χ1v) is 5.64. The highest BCUT2D eigenvalue weighted by atomic mass is 19.1. The highest BCUT2D eigenvalue weighted by molar-refractivity contribution is 5.89. The number of halogens is 1. The third-order valence-corrected chi connectivity index (χ3v) is 2.03. The number of hydrogen-bond acceptors (Lipinski definition) is 4. The van der Waals surface area contributed by atoms with Gasteiger partial charge in [-0.05, 0) is 12.1 Å². The van der Waals surface area contributed by atoms with Crippen molar-refractivity contribution < 1.29 is 23.5 Å². The standard InChI is InChI=1S/C13H13FN2O4/c1-9(17)15-16-12(18)8-20-13(19)7-6-10-4-2-3-5-11(10)14/h2-7H,8H2,1H3,(H,15,17)(H,16,18)/b7-6+. The van der Waals surface area contributed by atoms with E-state index >= 15 is 0 Å². The molecule has 1 rings (SSSR count). The average molecular weight is 280 g/mol. The van der Waals surface area contributed by atoms with Crippen molar-refractivity contribution in [3.8, 4) is 0 Å². The highest BCUT2D eigenvalue weighted by Gasteiger charge is 2.05. The third kappa shape index (κ3) is 5.76. The largest absolute Gasteiger partial charge is 0.452 e. The molecule has 2 N–H and O–H groups in total. The molecule has 0 saturated carbocycles. The Labute approximate surface area is 114 Å². The first-order chi connectivity index (χ1) is 9.49. The number of esters is 1. The van der Waals surface area contributed by atoms with Gasteiger partial charge in [0.25, 0.3) is 5.91 Å². The van der Waals surface area contributed by atoms with Gasteiger partial charge in [-0.2, -0.15) is 0 Å². The van der Waals surface area contributed by atoms with Gasteiger partial charge in [0.1, 0.15) is 5.82 Å². The molecule has 0 aromatic heterocycles. The van der Waals surface area contributed by atoms with Crippen LogP contribution in [0.2, 0.25) is 0 Å². The molecule has 0 aliphatic rings. The maximum atomic E-state index is 13.2. The molecule has 0 spiro atoms. The van der Waals surface area contributed by atoms with Gasteiger partial charge in [-0.15, -0.1) is 0 Å².